The number of carbonyl (C=O) groups is 1. The number of carboxylic acid groups (broad SMARTS) is 1. The third-order valence-corrected chi connectivity index (χ3v) is 5.54. The molecule has 0 spiro atoms. The van der Waals surface area contributed by atoms with Crippen LogP contribution in [0.15, 0.2) is 42.5 Å². The van der Waals surface area contributed by atoms with Gasteiger partial charge in [-0.3, -0.25) is 0 Å². The maximum absolute atomic E-state index is 12.0. The van der Waals surface area contributed by atoms with Gasteiger partial charge in [-0.25, -0.2) is 9.78 Å². The molecule has 5 heteroatoms. The van der Waals surface area contributed by atoms with Gasteiger partial charge in [0.25, 0.3) is 0 Å². The van der Waals surface area contributed by atoms with Gasteiger partial charge in [-0.05, 0) is 61.5 Å². The zero-order valence-electron chi connectivity index (χ0n) is 15.3. The normalized spacial score (nSPS) is 15.1. The Morgan fingerprint density at radius 1 is 1.15 bits per heavy atom. The molecular weight excluding hydrogens is 338 g/mol. The molecule has 2 aromatic carbocycles. The third-order valence-electron chi connectivity index (χ3n) is 5.54. The van der Waals surface area contributed by atoms with Crippen molar-refractivity contribution in [1.29, 1.82) is 0 Å². The van der Waals surface area contributed by atoms with Crippen LogP contribution in [0.2, 0.25) is 0 Å². The van der Waals surface area contributed by atoms with Gasteiger partial charge in [0, 0.05) is 10.9 Å². The summed E-state index contributed by atoms with van der Waals surface area (Å²) in [6.45, 7) is 4.09. The fraction of sp³-hybridized carbons (Fsp3) is 0.273. The Hall–Kier alpha value is -2.92. The molecule has 27 heavy (non-hydrogen) atoms. The van der Waals surface area contributed by atoms with E-state index in [9.17, 15) is 9.90 Å². The highest BCUT2D eigenvalue weighted by Gasteiger charge is 2.24. The minimum atomic E-state index is -1.05. The number of hydrogen-bond donors (Lipinski definition) is 3. The number of pyridine rings is 1. The highest BCUT2D eigenvalue weighted by molar-refractivity contribution is 6.10. The minimum absolute atomic E-state index is 0.0582. The van der Waals surface area contributed by atoms with E-state index in [-0.39, 0.29) is 11.4 Å². The van der Waals surface area contributed by atoms with Crippen molar-refractivity contribution in [3.05, 3.63) is 59.2 Å². The van der Waals surface area contributed by atoms with Gasteiger partial charge in [-0.15, -0.1) is 0 Å². The van der Waals surface area contributed by atoms with Crippen LogP contribution in [0.25, 0.3) is 22.0 Å². The average Bonchev–Trinajstić information content (AvgIpc) is 2.68. The van der Waals surface area contributed by atoms with E-state index in [0.717, 1.165) is 48.0 Å². The molecule has 1 aliphatic rings. The number of anilines is 1. The SMILES string of the molecule is Cc1c(C2CCNCC2)ccc2nc(N)c(C(=O)O)c(-c3ccccc3)c12. The molecule has 138 valence electrons. The lowest BCUT2D eigenvalue weighted by Crippen LogP contribution is -2.27. The summed E-state index contributed by atoms with van der Waals surface area (Å²) in [5.74, 6) is -0.514. The summed E-state index contributed by atoms with van der Waals surface area (Å²) in [6, 6.07) is 13.7. The fourth-order valence-corrected chi connectivity index (χ4v) is 4.25. The molecule has 0 unspecified atom stereocenters. The van der Waals surface area contributed by atoms with Crippen LogP contribution in [0.3, 0.4) is 0 Å². The summed E-state index contributed by atoms with van der Waals surface area (Å²) in [5.41, 5.74) is 10.8. The number of fused-ring (bicyclic) bond motifs is 1. The topological polar surface area (TPSA) is 88.2 Å². The number of benzene rings is 2. The van der Waals surface area contributed by atoms with Crippen LogP contribution in [0.1, 0.15) is 40.2 Å². The van der Waals surface area contributed by atoms with Gasteiger partial charge in [-0.2, -0.15) is 0 Å². The quantitative estimate of drug-likeness (QED) is 0.657. The van der Waals surface area contributed by atoms with Gasteiger partial charge in [0.1, 0.15) is 11.4 Å². The number of aryl methyl sites for hydroxylation is 1. The first kappa shape index (κ1) is 17.5. The monoisotopic (exact) mass is 361 g/mol. The molecule has 2 heterocycles. The predicted octanol–water partition coefficient (Wildman–Crippen LogP) is 3.96. The van der Waals surface area contributed by atoms with Gasteiger partial charge >= 0.3 is 5.97 Å². The second kappa shape index (κ2) is 7.00. The molecule has 1 aromatic heterocycles. The first-order valence-corrected chi connectivity index (χ1v) is 9.30. The van der Waals surface area contributed by atoms with Gasteiger partial charge in [0.2, 0.25) is 0 Å². The molecule has 4 rings (SSSR count). The Labute approximate surface area is 158 Å². The number of carboxylic acids is 1. The Kier molecular flexibility index (Phi) is 4.54. The Morgan fingerprint density at radius 2 is 1.85 bits per heavy atom. The van der Waals surface area contributed by atoms with Crippen LogP contribution in [-0.2, 0) is 0 Å². The van der Waals surface area contributed by atoms with Crippen LogP contribution in [-0.4, -0.2) is 29.1 Å². The van der Waals surface area contributed by atoms with E-state index in [1.54, 1.807) is 0 Å². The lowest BCUT2D eigenvalue weighted by molar-refractivity contribution is 0.0698. The number of hydrogen-bond acceptors (Lipinski definition) is 4. The number of rotatable bonds is 3. The van der Waals surface area contributed by atoms with E-state index in [4.69, 9.17) is 5.73 Å². The number of nitrogens with zero attached hydrogens (tertiary/aromatic N) is 1. The van der Waals surface area contributed by atoms with Crippen LogP contribution in [0, 0.1) is 6.92 Å². The maximum atomic E-state index is 12.0. The van der Waals surface area contributed by atoms with Gasteiger partial charge in [-0.1, -0.05) is 36.4 Å². The minimum Gasteiger partial charge on any atom is -0.478 e. The molecule has 0 amide bonds. The van der Waals surface area contributed by atoms with Crippen molar-refractivity contribution < 1.29 is 9.90 Å². The van der Waals surface area contributed by atoms with E-state index in [1.165, 1.54) is 5.56 Å². The van der Waals surface area contributed by atoms with Crippen molar-refractivity contribution in [2.75, 3.05) is 18.8 Å². The molecule has 1 aliphatic heterocycles. The Balaban J connectivity index is 2.06. The summed E-state index contributed by atoms with van der Waals surface area (Å²) >= 11 is 0. The van der Waals surface area contributed by atoms with E-state index in [2.05, 4.69) is 23.3 Å². The molecule has 0 radical (unpaired) electrons. The van der Waals surface area contributed by atoms with Crippen LogP contribution >= 0.6 is 0 Å². The van der Waals surface area contributed by atoms with E-state index >= 15 is 0 Å². The highest BCUT2D eigenvalue weighted by Crippen LogP contribution is 2.39. The number of nitrogens with two attached hydrogens (primary N) is 1. The lowest BCUT2D eigenvalue weighted by atomic mass is 9.84. The average molecular weight is 361 g/mol. The highest BCUT2D eigenvalue weighted by atomic mass is 16.4. The summed E-state index contributed by atoms with van der Waals surface area (Å²) in [4.78, 5) is 16.4. The van der Waals surface area contributed by atoms with Crippen molar-refractivity contribution in [3.63, 3.8) is 0 Å². The fourth-order valence-electron chi connectivity index (χ4n) is 4.25. The van der Waals surface area contributed by atoms with Gasteiger partial charge in [0.15, 0.2) is 0 Å². The number of aromatic carboxylic acids is 1. The molecule has 1 saturated heterocycles. The number of nitrogen functional groups attached to an aromatic ring is 1. The van der Waals surface area contributed by atoms with Crippen molar-refractivity contribution in [3.8, 4) is 11.1 Å². The zero-order chi connectivity index (χ0) is 19.0. The summed E-state index contributed by atoms with van der Waals surface area (Å²) in [7, 11) is 0. The van der Waals surface area contributed by atoms with E-state index < -0.39 is 5.97 Å². The molecule has 0 saturated carbocycles. The maximum Gasteiger partial charge on any atom is 0.340 e. The smallest absolute Gasteiger partial charge is 0.340 e. The van der Waals surface area contributed by atoms with E-state index in [0.29, 0.717) is 11.5 Å². The Morgan fingerprint density at radius 3 is 2.52 bits per heavy atom. The molecule has 5 nitrogen and oxygen atoms in total. The first-order valence-electron chi connectivity index (χ1n) is 9.30. The zero-order valence-corrected chi connectivity index (χ0v) is 15.3. The Bertz CT molecular complexity index is 1010. The standard InChI is InChI=1S/C22H23N3O2/c1-13-16(14-9-11-24-12-10-14)7-8-17-18(13)19(15-5-3-2-4-6-15)20(22(26)27)21(23)25-17/h2-8,14,24H,9-12H2,1H3,(H2,23,25)(H,26,27). The molecule has 0 bridgehead atoms. The summed E-state index contributed by atoms with van der Waals surface area (Å²) in [5, 5.41) is 14.1. The van der Waals surface area contributed by atoms with Crippen molar-refractivity contribution in [2.45, 2.75) is 25.7 Å². The van der Waals surface area contributed by atoms with E-state index in [1.807, 2.05) is 36.4 Å². The second-order valence-corrected chi connectivity index (χ2v) is 7.12. The molecule has 0 atom stereocenters. The number of piperidine rings is 1. The summed E-state index contributed by atoms with van der Waals surface area (Å²) in [6.07, 6.45) is 2.17. The van der Waals surface area contributed by atoms with Gasteiger partial charge in [0.05, 0.1) is 5.52 Å². The van der Waals surface area contributed by atoms with Crippen LogP contribution in [0.4, 0.5) is 5.82 Å². The largest absolute Gasteiger partial charge is 0.478 e. The summed E-state index contributed by atoms with van der Waals surface area (Å²) < 4.78 is 0. The van der Waals surface area contributed by atoms with Crippen LogP contribution < -0.4 is 11.1 Å². The molecule has 3 aromatic rings. The predicted molar refractivity (Wildman–Crippen MR) is 108 cm³/mol. The van der Waals surface area contributed by atoms with Crippen LogP contribution in [0.5, 0.6) is 0 Å². The first-order chi connectivity index (χ1) is 13.1. The molecule has 4 N–H and O–H groups in total. The second-order valence-electron chi connectivity index (χ2n) is 7.12. The van der Waals surface area contributed by atoms with Crippen molar-refractivity contribution in [1.82, 2.24) is 10.3 Å². The van der Waals surface area contributed by atoms with Crippen molar-refractivity contribution >= 4 is 22.7 Å². The van der Waals surface area contributed by atoms with Gasteiger partial charge < -0.3 is 16.2 Å². The lowest BCUT2D eigenvalue weighted by Gasteiger charge is -2.26. The van der Waals surface area contributed by atoms with Crippen molar-refractivity contribution in [2.24, 2.45) is 0 Å². The number of aromatic nitrogens is 1. The third kappa shape index (κ3) is 3.04. The molecule has 1 fully saturated rings. The molecular formula is C22H23N3O2. The molecule has 0 aliphatic carbocycles. The number of nitrogens with one attached hydrogen (secondary N) is 1.